The molecule has 2 saturated heterocycles. The first-order chi connectivity index (χ1) is 20.3. The van der Waals surface area contributed by atoms with Crippen LogP contribution in [0.5, 0.6) is 5.75 Å². The molecule has 0 radical (unpaired) electrons. The lowest BCUT2D eigenvalue weighted by molar-refractivity contribution is -0.161. The van der Waals surface area contributed by atoms with Crippen molar-refractivity contribution in [2.75, 3.05) is 74.7 Å². The maximum atomic E-state index is 12.8. The third kappa shape index (κ3) is 6.57. The van der Waals surface area contributed by atoms with Crippen molar-refractivity contribution in [3.63, 3.8) is 0 Å². The van der Waals surface area contributed by atoms with Crippen LogP contribution in [0.3, 0.4) is 0 Å². The average molecular weight is 636 g/mol. The van der Waals surface area contributed by atoms with Crippen molar-refractivity contribution in [1.29, 1.82) is 0 Å². The number of alkyl halides is 3. The number of hydrogen-bond acceptors (Lipinski definition) is 9. The second-order valence-corrected chi connectivity index (χ2v) is 15.4. The number of nitrogens with zero attached hydrogens (tertiary/aromatic N) is 5. The highest BCUT2D eigenvalue weighted by Crippen LogP contribution is 2.42. The summed E-state index contributed by atoms with van der Waals surface area (Å²) < 4.78 is 57.1. The SMILES string of the molecule is Cc1cc(Nc2ncc(Cl)c(Nc3ccccc3P(C)(C)=O)n2)cc2c1N1CCN(C3CN(CC(F)(F)F)C3)C[C@H]1CO2. The highest BCUT2D eigenvalue weighted by Gasteiger charge is 2.42. The molecule has 0 amide bonds. The molecule has 0 spiro atoms. The number of likely N-dealkylation sites (tertiary alicyclic amines) is 1. The number of para-hydroxylation sites is 1. The van der Waals surface area contributed by atoms with E-state index in [4.69, 9.17) is 16.3 Å². The lowest BCUT2D eigenvalue weighted by Crippen LogP contribution is -2.67. The first-order valence-electron chi connectivity index (χ1n) is 14.1. The van der Waals surface area contributed by atoms with Crippen LogP contribution in [0, 0.1) is 6.92 Å². The van der Waals surface area contributed by atoms with E-state index >= 15 is 0 Å². The van der Waals surface area contributed by atoms with Crippen LogP contribution < -0.4 is 25.6 Å². The van der Waals surface area contributed by atoms with Crippen LogP contribution in [-0.2, 0) is 4.57 Å². The first kappa shape index (κ1) is 30.0. The van der Waals surface area contributed by atoms with Crippen LogP contribution in [0.15, 0.2) is 42.6 Å². The molecule has 43 heavy (non-hydrogen) atoms. The van der Waals surface area contributed by atoms with Gasteiger partial charge in [-0.1, -0.05) is 23.7 Å². The molecule has 0 unspecified atom stereocenters. The average Bonchev–Trinajstić information content (AvgIpc) is 2.91. The first-order valence-corrected chi connectivity index (χ1v) is 17.1. The number of anilines is 5. The molecule has 6 rings (SSSR count). The third-order valence-corrected chi connectivity index (χ3v) is 9.92. The van der Waals surface area contributed by atoms with Crippen LogP contribution in [0.2, 0.25) is 5.02 Å². The van der Waals surface area contributed by atoms with Crippen molar-refractivity contribution in [1.82, 2.24) is 19.8 Å². The molecule has 0 bridgehead atoms. The maximum absolute atomic E-state index is 12.8. The van der Waals surface area contributed by atoms with E-state index in [1.54, 1.807) is 13.3 Å². The second-order valence-electron chi connectivity index (χ2n) is 11.8. The number of halogens is 4. The molecular weight excluding hydrogens is 602 g/mol. The Morgan fingerprint density at radius 3 is 2.60 bits per heavy atom. The molecule has 230 valence electrons. The topological polar surface area (TPSA) is 85.9 Å². The van der Waals surface area contributed by atoms with Gasteiger partial charge in [0.25, 0.3) is 0 Å². The summed E-state index contributed by atoms with van der Waals surface area (Å²) >= 11 is 6.42. The van der Waals surface area contributed by atoms with Gasteiger partial charge in [0.1, 0.15) is 24.5 Å². The van der Waals surface area contributed by atoms with Gasteiger partial charge in [0.2, 0.25) is 5.95 Å². The summed E-state index contributed by atoms with van der Waals surface area (Å²) in [5.41, 5.74) is 3.49. The molecule has 2 N–H and O–H groups in total. The summed E-state index contributed by atoms with van der Waals surface area (Å²) in [6.07, 6.45) is -2.65. The zero-order valence-corrected chi connectivity index (χ0v) is 25.8. The molecule has 3 aliphatic rings. The van der Waals surface area contributed by atoms with Crippen molar-refractivity contribution < 1.29 is 22.5 Å². The van der Waals surface area contributed by atoms with Gasteiger partial charge in [-0.2, -0.15) is 18.2 Å². The number of benzene rings is 2. The van der Waals surface area contributed by atoms with Crippen LogP contribution in [0.1, 0.15) is 5.56 Å². The Morgan fingerprint density at radius 2 is 1.86 bits per heavy atom. The molecule has 1 aromatic heterocycles. The lowest BCUT2D eigenvalue weighted by atomic mass is 10.0. The van der Waals surface area contributed by atoms with Crippen molar-refractivity contribution in [3.8, 4) is 5.75 Å². The molecule has 3 aromatic rings. The Labute approximate surface area is 253 Å². The van der Waals surface area contributed by atoms with E-state index in [0.29, 0.717) is 47.5 Å². The molecule has 2 aromatic carbocycles. The minimum absolute atomic E-state index is 0.132. The summed E-state index contributed by atoms with van der Waals surface area (Å²) in [6, 6.07) is 11.6. The molecule has 0 aliphatic carbocycles. The van der Waals surface area contributed by atoms with Crippen molar-refractivity contribution in [2.24, 2.45) is 0 Å². The fourth-order valence-corrected chi connectivity index (χ4v) is 7.40. The number of ether oxygens (including phenoxy) is 1. The van der Waals surface area contributed by atoms with E-state index in [0.717, 1.165) is 42.3 Å². The molecule has 0 saturated carbocycles. The van der Waals surface area contributed by atoms with E-state index in [2.05, 4.69) is 30.4 Å². The van der Waals surface area contributed by atoms with Crippen molar-refractivity contribution >= 4 is 52.9 Å². The smallest absolute Gasteiger partial charge is 0.401 e. The minimum Gasteiger partial charge on any atom is -0.489 e. The van der Waals surface area contributed by atoms with E-state index in [9.17, 15) is 17.7 Å². The Hall–Kier alpha value is -3.05. The van der Waals surface area contributed by atoms with E-state index in [-0.39, 0.29) is 12.1 Å². The number of nitrogens with one attached hydrogen (secondary N) is 2. The number of hydrogen-bond donors (Lipinski definition) is 2. The molecule has 4 heterocycles. The van der Waals surface area contributed by atoms with Gasteiger partial charge in [-0.25, -0.2) is 4.98 Å². The van der Waals surface area contributed by atoms with Crippen molar-refractivity contribution in [2.45, 2.75) is 25.2 Å². The molecule has 1 atom stereocenters. The van der Waals surface area contributed by atoms with Gasteiger partial charge < -0.3 is 24.8 Å². The second kappa shape index (κ2) is 11.5. The Morgan fingerprint density at radius 1 is 1.09 bits per heavy atom. The van der Waals surface area contributed by atoms with Gasteiger partial charge >= 0.3 is 6.18 Å². The van der Waals surface area contributed by atoms with E-state index in [1.165, 1.54) is 11.1 Å². The maximum Gasteiger partial charge on any atom is 0.401 e. The van der Waals surface area contributed by atoms with Gasteiger partial charge in [0, 0.05) is 55.8 Å². The van der Waals surface area contributed by atoms with Crippen LogP contribution in [-0.4, -0.2) is 97.2 Å². The predicted molar refractivity (Wildman–Crippen MR) is 165 cm³/mol. The zero-order chi connectivity index (χ0) is 30.5. The lowest BCUT2D eigenvalue weighted by Gasteiger charge is -2.52. The van der Waals surface area contributed by atoms with Crippen LogP contribution >= 0.6 is 18.7 Å². The zero-order valence-electron chi connectivity index (χ0n) is 24.2. The predicted octanol–water partition coefficient (Wildman–Crippen LogP) is 5.30. The largest absolute Gasteiger partial charge is 0.489 e. The van der Waals surface area contributed by atoms with Crippen LogP contribution in [0.4, 0.5) is 42.0 Å². The highest BCUT2D eigenvalue weighted by atomic mass is 35.5. The molecule has 3 aliphatic heterocycles. The number of piperazine rings is 1. The number of rotatable bonds is 7. The summed E-state index contributed by atoms with van der Waals surface area (Å²) in [5.74, 6) is 1.48. The Balaban J connectivity index is 1.14. The highest BCUT2D eigenvalue weighted by molar-refractivity contribution is 7.70. The Bertz CT molecular complexity index is 1560. The quantitative estimate of drug-likeness (QED) is 0.336. The summed E-state index contributed by atoms with van der Waals surface area (Å²) in [4.78, 5) is 15.0. The normalized spacial score (nSPS) is 19.7. The van der Waals surface area contributed by atoms with Gasteiger partial charge in [0.15, 0.2) is 5.82 Å². The summed E-state index contributed by atoms with van der Waals surface area (Å²) in [5, 5.41) is 7.50. The van der Waals surface area contributed by atoms with Gasteiger partial charge in [-0.3, -0.25) is 9.80 Å². The standard InChI is InChI=1S/C29H34ClF3N7O2P/c1-18-10-19(35-28-34-12-22(30)27(37-28)36-23-6-4-5-7-25(23)43(2,3)41)11-24-26(18)40-9-8-39(15-21(40)16-42-24)20-13-38(14-20)17-29(31,32)33/h4-7,10-12,20-21H,8-9,13-17H2,1-3H3,(H2,34,35,36,37)/t21-/m0/s1. The monoisotopic (exact) mass is 635 g/mol. The van der Waals surface area contributed by atoms with E-state index < -0.39 is 19.9 Å². The van der Waals surface area contributed by atoms with Crippen molar-refractivity contribution in [3.05, 3.63) is 53.2 Å². The van der Waals surface area contributed by atoms with Gasteiger partial charge in [-0.15, -0.1) is 0 Å². The molecule has 9 nitrogen and oxygen atoms in total. The molecule has 14 heteroatoms. The fraction of sp³-hybridized carbons (Fsp3) is 0.448. The molecular formula is C29H34ClF3N7O2P. The third-order valence-electron chi connectivity index (χ3n) is 8.09. The van der Waals surface area contributed by atoms with Crippen LogP contribution in [0.25, 0.3) is 0 Å². The van der Waals surface area contributed by atoms with E-state index in [1.807, 2.05) is 43.3 Å². The fourth-order valence-electron chi connectivity index (χ4n) is 6.11. The summed E-state index contributed by atoms with van der Waals surface area (Å²) in [7, 11) is -2.54. The number of fused-ring (bicyclic) bond motifs is 3. The number of aromatic nitrogens is 2. The molecule has 2 fully saturated rings. The van der Waals surface area contributed by atoms with Gasteiger partial charge in [0.05, 0.1) is 30.2 Å². The van der Waals surface area contributed by atoms with Gasteiger partial charge in [-0.05, 0) is 44.0 Å². The number of aryl methyl sites for hydroxylation is 1. The minimum atomic E-state index is -4.16. The Kier molecular flexibility index (Phi) is 8.00. The summed E-state index contributed by atoms with van der Waals surface area (Å²) in [6.45, 7) is 8.35.